The third-order valence-electron chi connectivity index (χ3n) is 3.91. The standard InChI is InChI=1S/C19H18O3S/c1-12-4-6-16(8-13(12)2)23-11-14-9-19(20)22-18-10-15(21-3)5-7-17(14)18/h4-10H,11H2,1-3H3. The summed E-state index contributed by atoms with van der Waals surface area (Å²) in [6.07, 6.45) is 0. The Balaban J connectivity index is 1.93. The van der Waals surface area contributed by atoms with Gasteiger partial charge in [0.25, 0.3) is 0 Å². The van der Waals surface area contributed by atoms with Gasteiger partial charge in [0.1, 0.15) is 11.3 Å². The van der Waals surface area contributed by atoms with E-state index in [0.29, 0.717) is 11.3 Å². The van der Waals surface area contributed by atoms with Crippen molar-refractivity contribution in [2.24, 2.45) is 0 Å². The Morgan fingerprint density at radius 2 is 1.87 bits per heavy atom. The first kappa shape index (κ1) is 15.7. The lowest BCUT2D eigenvalue weighted by atomic mass is 10.1. The van der Waals surface area contributed by atoms with E-state index in [1.807, 2.05) is 12.1 Å². The molecular formula is C19H18O3S. The molecular weight excluding hydrogens is 308 g/mol. The van der Waals surface area contributed by atoms with Gasteiger partial charge in [0.2, 0.25) is 0 Å². The molecule has 3 nitrogen and oxygen atoms in total. The van der Waals surface area contributed by atoms with Crippen LogP contribution in [-0.4, -0.2) is 7.11 Å². The van der Waals surface area contributed by atoms with Crippen LogP contribution in [0.3, 0.4) is 0 Å². The van der Waals surface area contributed by atoms with E-state index in [-0.39, 0.29) is 5.63 Å². The smallest absolute Gasteiger partial charge is 0.336 e. The maximum atomic E-state index is 11.8. The number of rotatable bonds is 4. The molecule has 0 saturated carbocycles. The molecule has 2 aromatic carbocycles. The predicted octanol–water partition coefficient (Wildman–Crippen LogP) is 4.71. The summed E-state index contributed by atoms with van der Waals surface area (Å²) in [5.74, 6) is 1.40. The van der Waals surface area contributed by atoms with Crippen molar-refractivity contribution in [3.8, 4) is 5.75 Å². The molecule has 0 aliphatic heterocycles. The molecule has 0 aliphatic carbocycles. The Morgan fingerprint density at radius 1 is 1.04 bits per heavy atom. The molecule has 1 aromatic heterocycles. The largest absolute Gasteiger partial charge is 0.497 e. The number of ether oxygens (including phenoxy) is 1. The van der Waals surface area contributed by atoms with Crippen molar-refractivity contribution < 1.29 is 9.15 Å². The molecule has 0 aliphatic rings. The molecule has 0 fully saturated rings. The average Bonchev–Trinajstić information content (AvgIpc) is 2.54. The summed E-state index contributed by atoms with van der Waals surface area (Å²) in [5.41, 5.74) is 3.76. The molecule has 0 saturated heterocycles. The number of hydrogen-bond donors (Lipinski definition) is 0. The van der Waals surface area contributed by atoms with E-state index in [4.69, 9.17) is 9.15 Å². The van der Waals surface area contributed by atoms with E-state index in [2.05, 4.69) is 32.0 Å². The Morgan fingerprint density at radius 3 is 2.61 bits per heavy atom. The molecule has 1 heterocycles. The van der Waals surface area contributed by atoms with Crippen molar-refractivity contribution in [2.45, 2.75) is 24.5 Å². The summed E-state index contributed by atoms with van der Waals surface area (Å²) >= 11 is 1.72. The number of methoxy groups -OCH3 is 1. The lowest BCUT2D eigenvalue weighted by Crippen LogP contribution is -2.00. The Bertz CT molecular complexity index is 912. The van der Waals surface area contributed by atoms with Gasteiger partial charge < -0.3 is 9.15 Å². The maximum Gasteiger partial charge on any atom is 0.336 e. The highest BCUT2D eigenvalue weighted by Crippen LogP contribution is 2.29. The van der Waals surface area contributed by atoms with Gasteiger partial charge in [-0.2, -0.15) is 0 Å². The molecule has 118 valence electrons. The number of aryl methyl sites for hydroxylation is 2. The molecule has 0 N–H and O–H groups in total. The van der Waals surface area contributed by atoms with E-state index in [1.165, 1.54) is 16.0 Å². The minimum Gasteiger partial charge on any atom is -0.497 e. The summed E-state index contributed by atoms with van der Waals surface area (Å²) in [7, 11) is 1.60. The fraction of sp³-hybridized carbons (Fsp3) is 0.211. The summed E-state index contributed by atoms with van der Waals surface area (Å²) in [6.45, 7) is 4.21. The van der Waals surface area contributed by atoms with Crippen LogP contribution in [0.2, 0.25) is 0 Å². The maximum absolute atomic E-state index is 11.8. The highest BCUT2D eigenvalue weighted by Gasteiger charge is 2.08. The van der Waals surface area contributed by atoms with Crippen molar-refractivity contribution in [1.29, 1.82) is 0 Å². The van der Waals surface area contributed by atoms with Crippen LogP contribution in [0.15, 0.2) is 56.6 Å². The minimum absolute atomic E-state index is 0.332. The quantitative estimate of drug-likeness (QED) is 0.514. The van der Waals surface area contributed by atoms with Gasteiger partial charge in [-0.3, -0.25) is 0 Å². The second-order valence-electron chi connectivity index (χ2n) is 5.49. The van der Waals surface area contributed by atoms with Gasteiger partial charge in [-0.25, -0.2) is 4.79 Å². The zero-order chi connectivity index (χ0) is 16.4. The first-order valence-corrected chi connectivity index (χ1v) is 8.36. The van der Waals surface area contributed by atoms with E-state index in [1.54, 1.807) is 31.0 Å². The number of hydrogen-bond acceptors (Lipinski definition) is 4. The zero-order valence-electron chi connectivity index (χ0n) is 13.4. The molecule has 0 atom stereocenters. The molecule has 0 unspecified atom stereocenters. The minimum atomic E-state index is -0.332. The molecule has 3 rings (SSSR count). The fourth-order valence-electron chi connectivity index (χ4n) is 2.42. The molecule has 0 spiro atoms. The predicted molar refractivity (Wildman–Crippen MR) is 94.5 cm³/mol. The monoisotopic (exact) mass is 326 g/mol. The van der Waals surface area contributed by atoms with Crippen molar-refractivity contribution >= 4 is 22.7 Å². The van der Waals surface area contributed by atoms with Gasteiger partial charge in [-0.15, -0.1) is 11.8 Å². The second-order valence-corrected chi connectivity index (χ2v) is 6.54. The lowest BCUT2D eigenvalue weighted by molar-refractivity contribution is 0.414. The normalized spacial score (nSPS) is 10.9. The van der Waals surface area contributed by atoms with E-state index in [0.717, 1.165) is 16.7 Å². The summed E-state index contributed by atoms with van der Waals surface area (Å²) in [5, 5.41) is 0.946. The van der Waals surface area contributed by atoms with Gasteiger partial charge in [-0.05, 0) is 54.8 Å². The Hall–Kier alpha value is -2.20. The summed E-state index contributed by atoms with van der Waals surface area (Å²) < 4.78 is 10.5. The van der Waals surface area contributed by atoms with Gasteiger partial charge in [-0.1, -0.05) is 6.07 Å². The van der Waals surface area contributed by atoms with Crippen LogP contribution < -0.4 is 10.4 Å². The Labute approximate surface area is 139 Å². The van der Waals surface area contributed by atoms with Gasteiger partial charge in [0, 0.05) is 28.2 Å². The van der Waals surface area contributed by atoms with Crippen LogP contribution in [0.25, 0.3) is 11.0 Å². The van der Waals surface area contributed by atoms with Crippen molar-refractivity contribution in [2.75, 3.05) is 7.11 Å². The molecule has 4 heteroatoms. The molecule has 23 heavy (non-hydrogen) atoms. The van der Waals surface area contributed by atoms with Gasteiger partial charge >= 0.3 is 5.63 Å². The number of thioether (sulfide) groups is 1. The lowest BCUT2D eigenvalue weighted by Gasteiger charge is -2.08. The first-order valence-electron chi connectivity index (χ1n) is 7.37. The number of benzene rings is 2. The third-order valence-corrected chi connectivity index (χ3v) is 4.95. The molecule has 0 radical (unpaired) electrons. The van der Waals surface area contributed by atoms with Gasteiger partial charge in [0.15, 0.2) is 0 Å². The van der Waals surface area contributed by atoms with Crippen LogP contribution >= 0.6 is 11.8 Å². The van der Waals surface area contributed by atoms with Crippen molar-refractivity contribution in [3.63, 3.8) is 0 Å². The first-order chi connectivity index (χ1) is 11.1. The fourth-order valence-corrected chi connectivity index (χ4v) is 3.41. The summed E-state index contributed by atoms with van der Waals surface area (Å²) in [6, 6.07) is 13.6. The third kappa shape index (κ3) is 3.42. The van der Waals surface area contributed by atoms with Crippen molar-refractivity contribution in [3.05, 3.63) is 69.6 Å². The van der Waals surface area contributed by atoms with Gasteiger partial charge in [0.05, 0.1) is 7.11 Å². The molecule has 0 amide bonds. The average molecular weight is 326 g/mol. The highest BCUT2D eigenvalue weighted by molar-refractivity contribution is 7.98. The van der Waals surface area contributed by atoms with E-state index < -0.39 is 0 Å². The van der Waals surface area contributed by atoms with E-state index in [9.17, 15) is 4.79 Å². The molecule has 0 bridgehead atoms. The SMILES string of the molecule is COc1ccc2c(CSc3ccc(C)c(C)c3)cc(=O)oc2c1. The Kier molecular flexibility index (Phi) is 4.44. The van der Waals surface area contributed by atoms with Crippen LogP contribution in [-0.2, 0) is 5.75 Å². The summed E-state index contributed by atoms with van der Waals surface area (Å²) in [4.78, 5) is 13.0. The van der Waals surface area contributed by atoms with Crippen LogP contribution in [0, 0.1) is 13.8 Å². The van der Waals surface area contributed by atoms with Crippen molar-refractivity contribution in [1.82, 2.24) is 0 Å². The highest BCUT2D eigenvalue weighted by atomic mass is 32.2. The topological polar surface area (TPSA) is 39.4 Å². The van der Waals surface area contributed by atoms with Crippen LogP contribution in [0.1, 0.15) is 16.7 Å². The number of fused-ring (bicyclic) bond motifs is 1. The second kappa shape index (κ2) is 6.50. The van der Waals surface area contributed by atoms with Crippen LogP contribution in [0.4, 0.5) is 0 Å². The van der Waals surface area contributed by atoms with E-state index >= 15 is 0 Å². The molecule has 3 aromatic rings. The zero-order valence-corrected chi connectivity index (χ0v) is 14.2. The van der Waals surface area contributed by atoms with Crippen LogP contribution in [0.5, 0.6) is 5.75 Å².